The molecule has 33 heavy (non-hydrogen) atoms. The zero-order chi connectivity index (χ0) is 22.9. The average Bonchev–Trinajstić information content (AvgIpc) is 3.44. The number of nitrogens with one attached hydrogen (secondary N) is 1. The summed E-state index contributed by atoms with van der Waals surface area (Å²) in [6, 6.07) is 2.89. The Morgan fingerprint density at radius 3 is 2.94 bits per heavy atom. The second-order valence-corrected chi connectivity index (χ2v) is 10.3. The van der Waals surface area contributed by atoms with Crippen molar-refractivity contribution in [3.63, 3.8) is 0 Å². The summed E-state index contributed by atoms with van der Waals surface area (Å²) in [5, 5.41) is 3.53. The number of aromatic nitrogens is 2. The summed E-state index contributed by atoms with van der Waals surface area (Å²) in [5.74, 6) is -1.95. The molecule has 1 aliphatic carbocycles. The smallest absolute Gasteiger partial charge is 0.263 e. The van der Waals surface area contributed by atoms with Crippen LogP contribution in [-0.2, 0) is 28.9 Å². The predicted octanol–water partition coefficient (Wildman–Crippen LogP) is 4.52. The number of carbonyl (C=O) groups is 1. The maximum absolute atomic E-state index is 13.9. The minimum absolute atomic E-state index is 0.0639. The van der Waals surface area contributed by atoms with E-state index < -0.39 is 17.5 Å². The number of hydrogen-bond acceptors (Lipinski definition) is 6. The molecule has 3 aromatic rings. The molecule has 1 N–H and O–H groups in total. The maximum Gasteiger partial charge on any atom is 0.263 e. The van der Waals surface area contributed by atoms with E-state index in [2.05, 4.69) is 5.32 Å². The van der Waals surface area contributed by atoms with Crippen LogP contribution in [0.2, 0.25) is 0 Å². The van der Waals surface area contributed by atoms with Gasteiger partial charge in [0, 0.05) is 17.6 Å². The Kier molecular flexibility index (Phi) is 6.49. The van der Waals surface area contributed by atoms with Crippen LogP contribution in [0.5, 0.6) is 0 Å². The third-order valence-corrected chi connectivity index (χ3v) is 8.15. The van der Waals surface area contributed by atoms with Crippen LogP contribution in [0.3, 0.4) is 0 Å². The Morgan fingerprint density at radius 2 is 2.12 bits per heavy atom. The lowest BCUT2D eigenvalue weighted by molar-refractivity contribution is -0.113. The molecular formula is C23H23F2N3O3S2. The minimum Gasteiger partial charge on any atom is -0.376 e. The molecule has 1 atom stereocenters. The summed E-state index contributed by atoms with van der Waals surface area (Å²) in [7, 11) is 0. The van der Waals surface area contributed by atoms with E-state index in [0.717, 1.165) is 74.0 Å². The number of carbonyl (C=O) groups excluding carboxylic acids is 1. The summed E-state index contributed by atoms with van der Waals surface area (Å²) in [5.41, 5.74) is 0.816. The third-order valence-electron chi connectivity index (χ3n) is 5.98. The molecule has 1 aromatic carbocycles. The van der Waals surface area contributed by atoms with Crippen molar-refractivity contribution in [2.24, 2.45) is 0 Å². The molecule has 0 saturated carbocycles. The van der Waals surface area contributed by atoms with E-state index in [1.165, 1.54) is 4.88 Å². The summed E-state index contributed by atoms with van der Waals surface area (Å²) >= 11 is 2.68. The lowest BCUT2D eigenvalue weighted by Crippen LogP contribution is -2.29. The first-order valence-corrected chi connectivity index (χ1v) is 12.8. The van der Waals surface area contributed by atoms with Crippen molar-refractivity contribution in [2.75, 3.05) is 17.7 Å². The molecule has 2 aliphatic rings. The molecule has 5 rings (SSSR count). The van der Waals surface area contributed by atoms with E-state index in [4.69, 9.17) is 9.72 Å². The molecule has 1 aliphatic heterocycles. The van der Waals surface area contributed by atoms with Gasteiger partial charge in [-0.15, -0.1) is 11.3 Å². The molecule has 174 valence electrons. The fraction of sp³-hybridized carbons (Fsp3) is 0.435. The average molecular weight is 492 g/mol. The van der Waals surface area contributed by atoms with E-state index in [1.54, 1.807) is 15.9 Å². The second-order valence-electron chi connectivity index (χ2n) is 8.30. The van der Waals surface area contributed by atoms with Gasteiger partial charge in [-0.05, 0) is 56.2 Å². The van der Waals surface area contributed by atoms with E-state index in [1.807, 2.05) is 0 Å². The van der Waals surface area contributed by atoms with Gasteiger partial charge in [0.25, 0.3) is 5.56 Å². The van der Waals surface area contributed by atoms with Crippen molar-refractivity contribution < 1.29 is 18.3 Å². The number of thioether (sulfide) groups is 1. The molecule has 0 spiro atoms. The largest absolute Gasteiger partial charge is 0.376 e. The zero-order valence-corrected chi connectivity index (χ0v) is 19.5. The molecule has 1 saturated heterocycles. The Morgan fingerprint density at radius 1 is 1.27 bits per heavy atom. The van der Waals surface area contributed by atoms with Crippen molar-refractivity contribution in [1.82, 2.24) is 9.55 Å². The lowest BCUT2D eigenvalue weighted by Gasteiger charge is -2.16. The number of hydrogen-bond donors (Lipinski definition) is 1. The first-order valence-electron chi connectivity index (χ1n) is 11.0. The first-order chi connectivity index (χ1) is 16.0. The fourth-order valence-corrected chi connectivity index (χ4v) is 6.50. The number of aryl methyl sites for hydroxylation is 2. The van der Waals surface area contributed by atoms with Gasteiger partial charge in [-0.2, -0.15) is 0 Å². The van der Waals surface area contributed by atoms with Gasteiger partial charge in [-0.3, -0.25) is 14.2 Å². The van der Waals surface area contributed by atoms with E-state index in [0.29, 0.717) is 28.5 Å². The van der Waals surface area contributed by atoms with Gasteiger partial charge in [0.1, 0.15) is 16.5 Å². The summed E-state index contributed by atoms with van der Waals surface area (Å²) in [6.07, 6.45) is 5.79. The van der Waals surface area contributed by atoms with Crippen molar-refractivity contribution in [1.29, 1.82) is 0 Å². The molecule has 10 heteroatoms. The number of ether oxygens (including phenoxy) is 1. The Bertz CT molecular complexity index is 1270. The fourth-order valence-electron chi connectivity index (χ4n) is 4.39. The standard InChI is InChI=1S/C23H23F2N3O3S2/c24-13-7-8-16(25)17(10-13)26-19(29)12-32-23-27-21-20(15-5-1-2-6-18(15)33-21)22(30)28(23)11-14-4-3-9-31-14/h7-8,10,14H,1-6,9,11-12H2,(H,26,29). The maximum atomic E-state index is 13.9. The SMILES string of the molecule is O=C(CSc1nc2sc3c(c2c(=O)n1CC1CCCO1)CCCC3)Nc1cc(F)ccc1F. The van der Waals surface area contributed by atoms with Gasteiger partial charge >= 0.3 is 0 Å². The molecule has 0 radical (unpaired) electrons. The molecule has 1 unspecified atom stereocenters. The van der Waals surface area contributed by atoms with Crippen molar-refractivity contribution >= 4 is 44.9 Å². The Labute approximate surface area is 197 Å². The van der Waals surface area contributed by atoms with Gasteiger partial charge in [-0.1, -0.05) is 11.8 Å². The Balaban J connectivity index is 1.43. The van der Waals surface area contributed by atoms with Gasteiger partial charge in [0.2, 0.25) is 5.91 Å². The van der Waals surface area contributed by atoms with Gasteiger partial charge < -0.3 is 10.1 Å². The number of rotatable bonds is 6. The van der Waals surface area contributed by atoms with Crippen molar-refractivity contribution in [3.05, 3.63) is 50.6 Å². The van der Waals surface area contributed by atoms with Gasteiger partial charge in [0.15, 0.2) is 5.16 Å². The summed E-state index contributed by atoms with van der Waals surface area (Å²) in [4.78, 5) is 32.7. The number of fused-ring (bicyclic) bond motifs is 3. The number of amides is 1. The van der Waals surface area contributed by atoms with Crippen molar-refractivity contribution in [3.8, 4) is 0 Å². The van der Waals surface area contributed by atoms with Crippen LogP contribution in [0, 0.1) is 11.6 Å². The summed E-state index contributed by atoms with van der Waals surface area (Å²) in [6.45, 7) is 1.06. The molecule has 6 nitrogen and oxygen atoms in total. The highest BCUT2D eigenvalue weighted by Gasteiger charge is 2.25. The topological polar surface area (TPSA) is 73.2 Å². The third kappa shape index (κ3) is 4.69. The molecular weight excluding hydrogens is 468 g/mol. The monoisotopic (exact) mass is 491 g/mol. The van der Waals surface area contributed by atoms with Crippen LogP contribution >= 0.6 is 23.1 Å². The first kappa shape index (κ1) is 22.5. The number of thiophene rings is 1. The van der Waals surface area contributed by atoms with Gasteiger partial charge in [-0.25, -0.2) is 13.8 Å². The molecule has 3 heterocycles. The van der Waals surface area contributed by atoms with Crippen LogP contribution in [0.15, 0.2) is 28.2 Å². The van der Waals surface area contributed by atoms with Crippen LogP contribution < -0.4 is 10.9 Å². The van der Waals surface area contributed by atoms with Crippen LogP contribution in [-0.4, -0.2) is 33.9 Å². The quantitative estimate of drug-likeness (QED) is 0.405. The predicted molar refractivity (Wildman–Crippen MR) is 125 cm³/mol. The highest BCUT2D eigenvalue weighted by atomic mass is 32.2. The number of nitrogens with zero attached hydrogens (tertiary/aromatic N) is 2. The van der Waals surface area contributed by atoms with Crippen molar-refractivity contribution in [2.45, 2.75) is 56.3 Å². The molecule has 0 bridgehead atoms. The van der Waals surface area contributed by atoms with Gasteiger partial charge in [0.05, 0.1) is 29.5 Å². The minimum atomic E-state index is -0.714. The van der Waals surface area contributed by atoms with Crippen LogP contribution in [0.25, 0.3) is 10.2 Å². The highest BCUT2D eigenvalue weighted by molar-refractivity contribution is 7.99. The van der Waals surface area contributed by atoms with E-state index >= 15 is 0 Å². The number of anilines is 1. The zero-order valence-electron chi connectivity index (χ0n) is 17.9. The lowest BCUT2D eigenvalue weighted by atomic mass is 9.97. The summed E-state index contributed by atoms with van der Waals surface area (Å²) < 4.78 is 34.6. The number of benzene rings is 1. The molecule has 2 aromatic heterocycles. The normalized spacial score (nSPS) is 17.9. The molecule has 1 fully saturated rings. The highest BCUT2D eigenvalue weighted by Crippen LogP contribution is 2.35. The number of halogens is 2. The Hall–Kier alpha value is -2.30. The van der Waals surface area contributed by atoms with E-state index in [9.17, 15) is 18.4 Å². The second kappa shape index (κ2) is 9.52. The van der Waals surface area contributed by atoms with Crippen LogP contribution in [0.4, 0.5) is 14.5 Å². The van der Waals surface area contributed by atoms with Crippen LogP contribution in [0.1, 0.15) is 36.1 Å². The molecule has 1 amide bonds. The van der Waals surface area contributed by atoms with E-state index in [-0.39, 0.29) is 23.1 Å².